The quantitative estimate of drug-likeness (QED) is 0.281. The number of halogens is 3. The van der Waals surface area contributed by atoms with E-state index in [2.05, 4.69) is 19.9 Å². The molecule has 15 heteroatoms. The summed E-state index contributed by atoms with van der Waals surface area (Å²) < 4.78 is 76.6. The number of para-hydroxylation sites is 1. The molecule has 3 aromatic heterocycles. The number of esters is 1. The number of ether oxygens (including phenoxy) is 1. The minimum Gasteiger partial charge on any atom is -0.349 e. The smallest absolute Gasteiger partial charge is 0.349 e. The summed E-state index contributed by atoms with van der Waals surface area (Å²) in [6.45, 7) is 0.0704. The van der Waals surface area contributed by atoms with E-state index >= 15 is 0 Å². The number of nitrogens with zero attached hydrogens (tertiary/aromatic N) is 6. The number of imidazole rings is 1. The van der Waals surface area contributed by atoms with E-state index in [1.807, 2.05) is 30.3 Å². The molecule has 0 bridgehead atoms. The number of carbonyl (C=O) groups excluding carboxylic acids is 1. The summed E-state index contributed by atoms with van der Waals surface area (Å²) in [6, 6.07) is 10.5. The van der Waals surface area contributed by atoms with Crippen LogP contribution in [0.15, 0.2) is 53.3 Å². The molecule has 0 radical (unpaired) electrons. The standard InChI is InChI=1S/C22H20F3N6O5S/c1-29-12-13-31(21(29)35-20(32)22(23,24)25)37(33,34)30-10-8-15(9-11-30)19-27-18(28-36-19)17-7-6-14-4-2-3-5-16(14)26-17/h2-7,12-13,15H,8-11H2,1H3/q+1. The molecule has 1 aliphatic rings. The van der Waals surface area contributed by atoms with E-state index in [9.17, 15) is 26.4 Å². The highest BCUT2D eigenvalue weighted by atomic mass is 32.2. The van der Waals surface area contributed by atoms with Gasteiger partial charge in [0.1, 0.15) is 11.9 Å². The third-order valence-electron chi connectivity index (χ3n) is 5.98. The molecule has 0 amide bonds. The molecule has 1 saturated heterocycles. The highest BCUT2D eigenvalue weighted by Gasteiger charge is 2.45. The summed E-state index contributed by atoms with van der Waals surface area (Å²) in [4.78, 5) is 20.3. The zero-order valence-electron chi connectivity index (χ0n) is 19.3. The maximum Gasteiger partial charge on any atom is 0.491 e. The van der Waals surface area contributed by atoms with Gasteiger partial charge >= 0.3 is 28.4 Å². The van der Waals surface area contributed by atoms with Gasteiger partial charge in [-0.1, -0.05) is 33.4 Å². The number of fused-ring (bicyclic) bond motifs is 1. The molecule has 37 heavy (non-hydrogen) atoms. The predicted octanol–water partition coefficient (Wildman–Crippen LogP) is 2.35. The molecular weight excluding hydrogens is 517 g/mol. The number of carbonyl (C=O) groups is 1. The van der Waals surface area contributed by atoms with Crippen molar-refractivity contribution in [2.45, 2.75) is 24.9 Å². The number of alkyl halides is 3. The second kappa shape index (κ2) is 9.23. The van der Waals surface area contributed by atoms with Crippen LogP contribution in [-0.4, -0.2) is 57.1 Å². The van der Waals surface area contributed by atoms with Gasteiger partial charge in [-0.2, -0.15) is 35.4 Å². The minimum absolute atomic E-state index is 0.0352. The second-order valence-electron chi connectivity index (χ2n) is 8.40. The average molecular weight is 538 g/mol. The fraction of sp³-hybridized carbons (Fsp3) is 0.318. The molecule has 11 nitrogen and oxygen atoms in total. The number of hydrogen-bond acceptors (Lipinski definition) is 8. The van der Waals surface area contributed by atoms with Crippen LogP contribution in [0.25, 0.3) is 22.4 Å². The van der Waals surface area contributed by atoms with Gasteiger partial charge in [0.05, 0.1) is 12.6 Å². The molecule has 0 atom stereocenters. The number of aryl methyl sites for hydroxylation is 1. The van der Waals surface area contributed by atoms with Gasteiger partial charge < -0.3 is 9.26 Å². The topological polar surface area (TPSA) is 124 Å². The van der Waals surface area contributed by atoms with Crippen molar-refractivity contribution in [1.82, 2.24) is 23.4 Å². The lowest BCUT2D eigenvalue weighted by Crippen LogP contribution is -2.43. The van der Waals surface area contributed by atoms with Gasteiger partial charge in [-0.05, 0) is 25.0 Å². The predicted molar refractivity (Wildman–Crippen MR) is 120 cm³/mol. The van der Waals surface area contributed by atoms with Gasteiger partial charge in [-0.15, -0.1) is 0 Å². The Hall–Kier alpha value is -3.85. The average Bonchev–Trinajstić information content (AvgIpc) is 3.51. The summed E-state index contributed by atoms with van der Waals surface area (Å²) in [5.41, 5.74) is 1.32. The first-order valence-corrected chi connectivity index (χ1v) is 12.5. The van der Waals surface area contributed by atoms with Crippen LogP contribution in [0.1, 0.15) is 24.7 Å². The van der Waals surface area contributed by atoms with Crippen LogP contribution in [0.3, 0.4) is 0 Å². The molecule has 0 unspecified atom stereocenters. The summed E-state index contributed by atoms with van der Waals surface area (Å²) in [5, 5.41) is 4.99. The maximum absolute atomic E-state index is 13.1. The zero-order valence-corrected chi connectivity index (χ0v) is 20.1. The van der Waals surface area contributed by atoms with Crippen molar-refractivity contribution in [1.29, 1.82) is 0 Å². The van der Waals surface area contributed by atoms with Crippen LogP contribution < -0.4 is 9.30 Å². The lowest BCUT2D eigenvalue weighted by atomic mass is 9.98. The lowest BCUT2D eigenvalue weighted by Gasteiger charge is -2.27. The number of rotatable bonds is 5. The van der Waals surface area contributed by atoms with Gasteiger partial charge in [-0.25, -0.2) is 9.78 Å². The first-order chi connectivity index (χ1) is 17.5. The first kappa shape index (κ1) is 24.8. The van der Waals surface area contributed by atoms with Crippen LogP contribution in [0.4, 0.5) is 13.2 Å². The molecule has 194 valence electrons. The molecule has 5 rings (SSSR count). The Morgan fingerprint density at radius 3 is 2.59 bits per heavy atom. The van der Waals surface area contributed by atoms with E-state index in [0.717, 1.165) is 26.0 Å². The van der Waals surface area contributed by atoms with E-state index in [4.69, 9.17) is 4.52 Å². The third-order valence-corrected chi connectivity index (χ3v) is 7.77. The van der Waals surface area contributed by atoms with Crippen LogP contribution in [-0.2, 0) is 22.1 Å². The monoisotopic (exact) mass is 537 g/mol. The molecule has 1 fully saturated rings. The number of hydrogen-bond donors (Lipinski definition) is 0. The SMILES string of the molecule is C[n+]1ccn(S(=O)(=O)N2CCC(c3nc(-c4ccc5ccccc5n4)no3)CC2)c1OC(=O)C(F)(F)F. The normalized spacial score (nSPS) is 15.8. The summed E-state index contributed by atoms with van der Waals surface area (Å²) >= 11 is 0. The Labute approximate surface area is 208 Å². The molecular formula is C22H20F3N6O5S+. The van der Waals surface area contributed by atoms with Crippen molar-refractivity contribution in [2.24, 2.45) is 7.05 Å². The minimum atomic E-state index is -5.28. The third kappa shape index (κ3) is 4.79. The fourth-order valence-electron chi connectivity index (χ4n) is 4.03. The van der Waals surface area contributed by atoms with E-state index in [0.29, 0.717) is 34.2 Å². The van der Waals surface area contributed by atoms with Gasteiger partial charge in [0.2, 0.25) is 11.7 Å². The number of benzene rings is 1. The first-order valence-electron chi connectivity index (χ1n) is 11.1. The molecule has 1 aliphatic heterocycles. The highest BCUT2D eigenvalue weighted by molar-refractivity contribution is 7.87. The lowest BCUT2D eigenvalue weighted by molar-refractivity contribution is -0.674. The number of pyridine rings is 1. The zero-order chi connectivity index (χ0) is 26.4. The Morgan fingerprint density at radius 1 is 1.14 bits per heavy atom. The Balaban J connectivity index is 1.29. The van der Waals surface area contributed by atoms with E-state index in [1.54, 1.807) is 6.07 Å². The van der Waals surface area contributed by atoms with Crippen molar-refractivity contribution in [3.8, 4) is 17.5 Å². The second-order valence-corrected chi connectivity index (χ2v) is 10.2. The summed E-state index contributed by atoms with van der Waals surface area (Å²) in [7, 11) is -3.06. The molecule has 0 N–H and O–H groups in total. The van der Waals surface area contributed by atoms with E-state index < -0.39 is 28.4 Å². The van der Waals surface area contributed by atoms with Crippen molar-refractivity contribution >= 4 is 27.1 Å². The van der Waals surface area contributed by atoms with Crippen molar-refractivity contribution in [3.63, 3.8) is 0 Å². The van der Waals surface area contributed by atoms with Gasteiger partial charge in [0.25, 0.3) is 0 Å². The van der Waals surface area contributed by atoms with Crippen molar-refractivity contribution in [3.05, 3.63) is 54.7 Å². The Morgan fingerprint density at radius 2 is 1.86 bits per heavy atom. The van der Waals surface area contributed by atoms with Crippen molar-refractivity contribution in [2.75, 3.05) is 13.1 Å². The Kier molecular flexibility index (Phi) is 6.19. The fourth-order valence-corrected chi connectivity index (χ4v) is 5.52. The summed E-state index contributed by atoms with van der Waals surface area (Å²) in [5.74, 6) is -2.09. The molecule has 4 aromatic rings. The number of piperidine rings is 1. The molecule has 1 aromatic carbocycles. The Bertz CT molecular complexity index is 1570. The molecule has 0 saturated carbocycles. The van der Waals surface area contributed by atoms with Crippen LogP contribution in [0, 0.1) is 0 Å². The molecule has 0 aliphatic carbocycles. The largest absolute Gasteiger partial charge is 0.491 e. The highest BCUT2D eigenvalue weighted by Crippen LogP contribution is 2.31. The van der Waals surface area contributed by atoms with Gasteiger partial charge in [-0.3, -0.25) is 0 Å². The van der Waals surface area contributed by atoms with Crippen LogP contribution in [0.5, 0.6) is 6.01 Å². The van der Waals surface area contributed by atoms with Crippen LogP contribution in [0.2, 0.25) is 0 Å². The maximum atomic E-state index is 13.1. The van der Waals surface area contributed by atoms with E-state index in [1.165, 1.54) is 13.2 Å². The molecule has 0 spiro atoms. The van der Waals surface area contributed by atoms with Gasteiger partial charge in [0.15, 0.2) is 6.20 Å². The molecule has 4 heterocycles. The van der Waals surface area contributed by atoms with Crippen LogP contribution >= 0.6 is 0 Å². The van der Waals surface area contributed by atoms with Crippen molar-refractivity contribution < 1.29 is 40.2 Å². The number of aromatic nitrogens is 5. The van der Waals surface area contributed by atoms with Gasteiger partial charge in [0, 0.05) is 24.4 Å². The summed E-state index contributed by atoms with van der Waals surface area (Å²) in [6.07, 6.45) is -2.44. The van der Waals surface area contributed by atoms with E-state index in [-0.39, 0.29) is 19.0 Å².